The summed E-state index contributed by atoms with van der Waals surface area (Å²) in [7, 11) is 0. The van der Waals surface area contributed by atoms with Gasteiger partial charge in [0.15, 0.2) is 0 Å². The number of fused-ring (bicyclic) bond motifs is 7. The van der Waals surface area contributed by atoms with Gasteiger partial charge in [-0.3, -0.25) is 4.57 Å². The van der Waals surface area contributed by atoms with E-state index in [1.165, 1.54) is 43.7 Å². The number of benzene rings is 7. The molecule has 224 valence electrons. The van der Waals surface area contributed by atoms with Crippen molar-refractivity contribution < 1.29 is 0 Å². The molecule has 0 N–H and O–H groups in total. The summed E-state index contributed by atoms with van der Waals surface area (Å²) in [6.07, 6.45) is 0. The lowest BCUT2D eigenvalue weighted by Crippen LogP contribution is -2.04. The highest BCUT2D eigenvalue weighted by atomic mass is 15.2. The molecule has 0 amide bonds. The maximum Gasteiger partial charge on any atom is 0.235 e. The SMILES string of the molecule is c1ccc(-c2cc(-c3ccccc3)nc(-n3c4ccccc4c4cc5c(cc43)c3ccccc3n5-c3cccc4ccccc34)n2)cc1. The number of hydrogen-bond donors (Lipinski definition) is 0. The maximum atomic E-state index is 5.25. The molecule has 0 aliphatic rings. The number of nitrogens with zero attached hydrogens (tertiary/aromatic N) is 4. The molecule has 7 aromatic carbocycles. The van der Waals surface area contributed by atoms with Crippen LogP contribution >= 0.6 is 0 Å². The van der Waals surface area contributed by atoms with Gasteiger partial charge in [-0.05, 0) is 41.8 Å². The summed E-state index contributed by atoms with van der Waals surface area (Å²) in [5.41, 5.74) is 9.57. The van der Waals surface area contributed by atoms with Gasteiger partial charge in [0.1, 0.15) is 0 Å². The van der Waals surface area contributed by atoms with Crippen molar-refractivity contribution in [3.8, 4) is 34.2 Å². The van der Waals surface area contributed by atoms with E-state index >= 15 is 0 Å². The first-order valence-electron chi connectivity index (χ1n) is 16.3. The Morgan fingerprint density at radius 2 is 0.812 bits per heavy atom. The molecule has 0 fully saturated rings. The number of para-hydroxylation sites is 2. The summed E-state index contributed by atoms with van der Waals surface area (Å²) in [5, 5.41) is 7.19. The predicted octanol–water partition coefficient (Wildman–Crippen LogP) is 11.2. The highest BCUT2D eigenvalue weighted by Gasteiger charge is 2.21. The highest BCUT2D eigenvalue weighted by molar-refractivity contribution is 6.19. The second kappa shape index (κ2) is 10.5. The minimum absolute atomic E-state index is 0.651. The Bertz CT molecular complexity index is 2760. The Morgan fingerprint density at radius 3 is 1.44 bits per heavy atom. The normalized spacial score (nSPS) is 11.8. The van der Waals surface area contributed by atoms with Gasteiger partial charge in [0.05, 0.1) is 39.1 Å². The van der Waals surface area contributed by atoms with Gasteiger partial charge in [0.25, 0.3) is 0 Å². The first-order valence-corrected chi connectivity index (χ1v) is 16.3. The molecule has 0 saturated heterocycles. The minimum atomic E-state index is 0.651. The van der Waals surface area contributed by atoms with Crippen molar-refractivity contribution in [3.05, 3.63) is 170 Å². The van der Waals surface area contributed by atoms with Crippen LogP contribution in [0.5, 0.6) is 0 Å². The molecule has 0 bridgehead atoms. The van der Waals surface area contributed by atoms with E-state index in [4.69, 9.17) is 9.97 Å². The van der Waals surface area contributed by atoms with Crippen LogP contribution in [0.2, 0.25) is 0 Å². The second-order valence-corrected chi connectivity index (χ2v) is 12.3. The van der Waals surface area contributed by atoms with Gasteiger partial charge in [-0.2, -0.15) is 0 Å². The zero-order valence-electron chi connectivity index (χ0n) is 26.0. The molecular formula is C44H28N4. The van der Waals surface area contributed by atoms with Gasteiger partial charge in [-0.25, -0.2) is 9.97 Å². The van der Waals surface area contributed by atoms with Crippen molar-refractivity contribution in [2.75, 3.05) is 0 Å². The lowest BCUT2D eigenvalue weighted by molar-refractivity contribution is 0.996. The molecule has 3 aromatic heterocycles. The molecule has 4 heteroatoms. The van der Waals surface area contributed by atoms with E-state index in [0.29, 0.717) is 5.95 Å². The molecule has 0 spiro atoms. The van der Waals surface area contributed by atoms with Crippen LogP contribution in [0.15, 0.2) is 170 Å². The third-order valence-electron chi connectivity index (χ3n) is 9.53. The lowest BCUT2D eigenvalue weighted by atomic mass is 10.1. The van der Waals surface area contributed by atoms with E-state index in [-0.39, 0.29) is 0 Å². The molecule has 0 saturated carbocycles. The van der Waals surface area contributed by atoms with Gasteiger partial charge in [0, 0.05) is 38.1 Å². The fraction of sp³-hybridized carbons (Fsp3) is 0. The van der Waals surface area contributed by atoms with Crippen molar-refractivity contribution in [1.82, 2.24) is 19.1 Å². The van der Waals surface area contributed by atoms with Gasteiger partial charge < -0.3 is 4.57 Å². The largest absolute Gasteiger partial charge is 0.309 e. The maximum absolute atomic E-state index is 5.25. The summed E-state index contributed by atoms with van der Waals surface area (Å²) < 4.78 is 4.67. The van der Waals surface area contributed by atoms with Crippen LogP contribution in [0.4, 0.5) is 0 Å². The molecule has 0 aliphatic carbocycles. The quantitative estimate of drug-likeness (QED) is 0.198. The molecular weight excluding hydrogens is 585 g/mol. The van der Waals surface area contributed by atoms with E-state index in [1.54, 1.807) is 0 Å². The zero-order valence-corrected chi connectivity index (χ0v) is 26.0. The van der Waals surface area contributed by atoms with Crippen LogP contribution < -0.4 is 0 Å². The smallest absolute Gasteiger partial charge is 0.235 e. The summed E-state index contributed by atoms with van der Waals surface area (Å²) in [6.45, 7) is 0. The average Bonchev–Trinajstić information content (AvgIpc) is 3.66. The van der Waals surface area contributed by atoms with Crippen molar-refractivity contribution in [1.29, 1.82) is 0 Å². The van der Waals surface area contributed by atoms with Crippen molar-refractivity contribution in [2.45, 2.75) is 0 Å². The van der Waals surface area contributed by atoms with Crippen LogP contribution in [0, 0.1) is 0 Å². The molecule has 48 heavy (non-hydrogen) atoms. The Hall–Kier alpha value is -6.52. The Morgan fingerprint density at radius 1 is 0.333 bits per heavy atom. The molecule has 0 atom stereocenters. The van der Waals surface area contributed by atoms with E-state index in [1.807, 2.05) is 12.1 Å². The van der Waals surface area contributed by atoms with Crippen molar-refractivity contribution in [3.63, 3.8) is 0 Å². The van der Waals surface area contributed by atoms with Gasteiger partial charge in [-0.15, -0.1) is 0 Å². The fourth-order valence-electron chi connectivity index (χ4n) is 7.36. The highest BCUT2D eigenvalue weighted by Crippen LogP contribution is 2.40. The second-order valence-electron chi connectivity index (χ2n) is 12.3. The van der Waals surface area contributed by atoms with Crippen molar-refractivity contribution in [2.24, 2.45) is 0 Å². The van der Waals surface area contributed by atoms with Gasteiger partial charge in [-0.1, -0.05) is 133 Å². The third kappa shape index (κ3) is 4.03. The van der Waals surface area contributed by atoms with E-state index < -0.39 is 0 Å². The van der Waals surface area contributed by atoms with E-state index in [2.05, 4.69) is 167 Å². The average molecular weight is 613 g/mol. The summed E-state index contributed by atoms with van der Waals surface area (Å²) in [4.78, 5) is 10.5. The van der Waals surface area contributed by atoms with Crippen LogP contribution in [-0.2, 0) is 0 Å². The van der Waals surface area contributed by atoms with Gasteiger partial charge in [0.2, 0.25) is 5.95 Å². The first-order chi connectivity index (χ1) is 23.8. The molecule has 0 aliphatic heterocycles. The topological polar surface area (TPSA) is 35.6 Å². The predicted molar refractivity (Wildman–Crippen MR) is 199 cm³/mol. The van der Waals surface area contributed by atoms with Crippen LogP contribution in [0.3, 0.4) is 0 Å². The minimum Gasteiger partial charge on any atom is -0.309 e. The molecule has 3 heterocycles. The third-order valence-corrected chi connectivity index (χ3v) is 9.53. The number of hydrogen-bond acceptors (Lipinski definition) is 2. The van der Waals surface area contributed by atoms with E-state index in [0.717, 1.165) is 38.9 Å². The summed E-state index contributed by atoms with van der Waals surface area (Å²) in [5.74, 6) is 0.651. The summed E-state index contributed by atoms with van der Waals surface area (Å²) in [6, 6.07) is 60.1. The molecule has 0 radical (unpaired) electrons. The van der Waals surface area contributed by atoms with Crippen LogP contribution in [0.25, 0.3) is 88.5 Å². The molecule has 4 nitrogen and oxygen atoms in total. The Balaban J connectivity index is 1.32. The first kappa shape index (κ1) is 26.7. The number of aromatic nitrogens is 4. The molecule has 0 unspecified atom stereocenters. The monoisotopic (exact) mass is 612 g/mol. The summed E-state index contributed by atoms with van der Waals surface area (Å²) >= 11 is 0. The molecule has 10 rings (SSSR count). The standard InChI is InChI=1S/C44H28N4/c1-3-15-30(16-4-1)37-28-38(31-17-5-2-6-18-31)46-44(45-37)48-41-24-12-10-22-34(41)36-26-42-35(27-43(36)48)33-21-9-11-23-40(33)47(42)39-25-13-19-29-14-7-8-20-32(29)39/h1-28H. The van der Waals surface area contributed by atoms with E-state index in [9.17, 15) is 0 Å². The van der Waals surface area contributed by atoms with Crippen LogP contribution in [0.1, 0.15) is 0 Å². The Kier molecular flexibility index (Phi) is 5.84. The zero-order chi connectivity index (χ0) is 31.6. The van der Waals surface area contributed by atoms with Crippen molar-refractivity contribution >= 4 is 54.4 Å². The lowest BCUT2D eigenvalue weighted by Gasteiger charge is -2.12. The van der Waals surface area contributed by atoms with Gasteiger partial charge >= 0.3 is 0 Å². The number of rotatable bonds is 4. The Labute approximate surface area is 276 Å². The fourth-order valence-corrected chi connectivity index (χ4v) is 7.36. The van der Waals surface area contributed by atoms with Crippen LogP contribution in [-0.4, -0.2) is 19.1 Å². The molecule has 10 aromatic rings.